The van der Waals surface area contributed by atoms with Crippen LogP contribution in [0, 0.1) is 34.0 Å². The van der Waals surface area contributed by atoms with Gasteiger partial charge >= 0.3 is 0 Å². The van der Waals surface area contributed by atoms with E-state index in [4.69, 9.17) is 15.8 Å². The van der Waals surface area contributed by atoms with Gasteiger partial charge in [0.2, 0.25) is 0 Å². The van der Waals surface area contributed by atoms with Gasteiger partial charge in [-0.1, -0.05) is 12.1 Å². The largest absolute Gasteiger partial charge is 0.347 e. The fourth-order valence-corrected chi connectivity index (χ4v) is 1.62. The predicted octanol–water partition coefficient (Wildman–Crippen LogP) is 2.45. The van der Waals surface area contributed by atoms with Crippen LogP contribution >= 0.6 is 0 Å². The van der Waals surface area contributed by atoms with Gasteiger partial charge in [-0.15, -0.1) is 0 Å². The molecule has 0 saturated heterocycles. The second kappa shape index (κ2) is 6.92. The number of amides is 1. The van der Waals surface area contributed by atoms with Gasteiger partial charge in [0, 0.05) is 5.54 Å². The highest BCUT2D eigenvalue weighted by molar-refractivity contribution is 6.00. The van der Waals surface area contributed by atoms with Crippen molar-refractivity contribution < 1.29 is 4.79 Å². The number of para-hydroxylation sites is 1. The highest BCUT2D eigenvalue weighted by Gasteiger charge is 2.18. The van der Waals surface area contributed by atoms with Crippen molar-refractivity contribution in [1.82, 2.24) is 5.32 Å². The van der Waals surface area contributed by atoms with Gasteiger partial charge in [-0.3, -0.25) is 4.79 Å². The number of nitriles is 3. The van der Waals surface area contributed by atoms with Crippen molar-refractivity contribution in [2.24, 2.45) is 0 Å². The molecule has 0 aromatic heterocycles. The predicted molar refractivity (Wildman–Crippen MR) is 81.1 cm³/mol. The van der Waals surface area contributed by atoms with Gasteiger partial charge < -0.3 is 10.6 Å². The van der Waals surface area contributed by atoms with Gasteiger partial charge in [0.25, 0.3) is 5.91 Å². The Morgan fingerprint density at radius 1 is 1.05 bits per heavy atom. The Morgan fingerprint density at radius 2 is 1.64 bits per heavy atom. The minimum atomic E-state index is -0.414. The highest BCUT2D eigenvalue weighted by atomic mass is 16.1. The van der Waals surface area contributed by atoms with E-state index in [1.165, 1.54) is 0 Å². The Balaban J connectivity index is 3.22. The monoisotopic (exact) mass is 293 g/mol. The lowest BCUT2D eigenvalue weighted by Gasteiger charge is -2.21. The standard InChI is InChI=1S/C16H15N5O/c1-16(2,3)21-15(22)12-6-4-5-7-13(12)20-14(10-19)11(8-17)9-18/h4-7,20H,1-3H3,(H,21,22). The zero-order chi connectivity index (χ0) is 16.8. The first-order valence-electron chi connectivity index (χ1n) is 6.45. The molecule has 0 fully saturated rings. The van der Waals surface area contributed by atoms with Crippen molar-refractivity contribution in [3.63, 3.8) is 0 Å². The fraction of sp³-hybridized carbons (Fsp3) is 0.250. The SMILES string of the molecule is CC(C)(C)NC(=O)c1ccccc1NC(C#N)=C(C#N)C#N. The second-order valence-electron chi connectivity index (χ2n) is 5.46. The summed E-state index contributed by atoms with van der Waals surface area (Å²) in [4.78, 5) is 12.3. The van der Waals surface area contributed by atoms with Gasteiger partial charge in [-0.2, -0.15) is 15.8 Å². The van der Waals surface area contributed by atoms with Crippen molar-refractivity contribution in [3.8, 4) is 18.2 Å². The van der Waals surface area contributed by atoms with E-state index in [0.717, 1.165) is 0 Å². The Hall–Kier alpha value is -3.30. The van der Waals surface area contributed by atoms with Crippen LogP contribution in [0.4, 0.5) is 5.69 Å². The molecule has 6 heteroatoms. The number of carbonyl (C=O) groups is 1. The average molecular weight is 293 g/mol. The zero-order valence-corrected chi connectivity index (χ0v) is 12.6. The van der Waals surface area contributed by atoms with Crippen LogP contribution in [0.3, 0.4) is 0 Å². The van der Waals surface area contributed by atoms with Crippen molar-refractivity contribution >= 4 is 11.6 Å². The van der Waals surface area contributed by atoms with Crippen molar-refractivity contribution in [2.75, 3.05) is 5.32 Å². The number of hydrogen-bond donors (Lipinski definition) is 2. The van der Waals surface area contributed by atoms with E-state index in [1.807, 2.05) is 20.8 Å². The molecule has 0 spiro atoms. The maximum atomic E-state index is 12.3. The molecule has 0 aliphatic carbocycles. The van der Waals surface area contributed by atoms with E-state index >= 15 is 0 Å². The number of benzene rings is 1. The van der Waals surface area contributed by atoms with Crippen LogP contribution in [-0.4, -0.2) is 11.4 Å². The first-order valence-corrected chi connectivity index (χ1v) is 6.45. The molecule has 0 aliphatic rings. The Labute approximate surface area is 129 Å². The van der Waals surface area contributed by atoms with E-state index in [2.05, 4.69) is 10.6 Å². The Bertz CT molecular complexity index is 720. The number of nitrogens with one attached hydrogen (secondary N) is 2. The average Bonchev–Trinajstić information content (AvgIpc) is 2.46. The number of carbonyl (C=O) groups excluding carboxylic acids is 1. The summed E-state index contributed by atoms with van der Waals surface area (Å²) in [6, 6.07) is 11.6. The van der Waals surface area contributed by atoms with Crippen LogP contribution < -0.4 is 10.6 Å². The molecule has 0 heterocycles. The molecule has 0 radical (unpaired) electrons. The van der Waals surface area contributed by atoms with E-state index < -0.39 is 5.54 Å². The molecule has 0 unspecified atom stereocenters. The van der Waals surface area contributed by atoms with Crippen molar-refractivity contribution in [2.45, 2.75) is 26.3 Å². The van der Waals surface area contributed by atoms with Crippen LogP contribution in [0.15, 0.2) is 35.5 Å². The summed E-state index contributed by atoms with van der Waals surface area (Å²) in [6.07, 6.45) is 0. The number of anilines is 1. The lowest BCUT2D eigenvalue weighted by Crippen LogP contribution is -2.40. The molecule has 22 heavy (non-hydrogen) atoms. The first kappa shape index (κ1) is 16.8. The van der Waals surface area contributed by atoms with Gasteiger partial charge in [-0.25, -0.2) is 0 Å². The molecule has 110 valence electrons. The molecule has 1 rings (SSSR count). The number of nitrogens with zero attached hydrogens (tertiary/aromatic N) is 3. The third-order valence-corrected chi connectivity index (χ3v) is 2.51. The lowest BCUT2D eigenvalue weighted by molar-refractivity contribution is 0.0920. The third-order valence-electron chi connectivity index (χ3n) is 2.51. The number of hydrogen-bond acceptors (Lipinski definition) is 5. The summed E-state index contributed by atoms with van der Waals surface area (Å²) in [5.41, 5.74) is -0.276. The summed E-state index contributed by atoms with van der Waals surface area (Å²) >= 11 is 0. The molecular formula is C16H15N5O. The summed E-state index contributed by atoms with van der Waals surface area (Å²) in [6.45, 7) is 5.56. The molecule has 0 bridgehead atoms. The maximum Gasteiger partial charge on any atom is 0.253 e. The van der Waals surface area contributed by atoms with Crippen molar-refractivity contribution in [1.29, 1.82) is 15.8 Å². The van der Waals surface area contributed by atoms with Crippen molar-refractivity contribution in [3.05, 3.63) is 41.1 Å². The lowest BCUT2D eigenvalue weighted by atomic mass is 10.1. The van der Waals surface area contributed by atoms with Gasteiger partial charge in [0.15, 0.2) is 5.57 Å². The molecular weight excluding hydrogens is 278 g/mol. The van der Waals surface area contributed by atoms with Crippen LogP contribution in [0.25, 0.3) is 0 Å². The highest BCUT2D eigenvalue weighted by Crippen LogP contribution is 2.19. The summed E-state index contributed by atoms with van der Waals surface area (Å²) < 4.78 is 0. The van der Waals surface area contributed by atoms with Crippen LogP contribution in [-0.2, 0) is 0 Å². The molecule has 1 aromatic rings. The summed E-state index contributed by atoms with van der Waals surface area (Å²) in [5, 5.41) is 32.2. The van der Waals surface area contributed by atoms with Crippen LogP contribution in [0.1, 0.15) is 31.1 Å². The van der Waals surface area contributed by atoms with E-state index in [0.29, 0.717) is 11.3 Å². The van der Waals surface area contributed by atoms with E-state index in [-0.39, 0.29) is 17.2 Å². The topological polar surface area (TPSA) is 112 Å². The minimum absolute atomic E-state index is 0.194. The Kier molecular flexibility index (Phi) is 5.27. The fourth-order valence-electron chi connectivity index (χ4n) is 1.62. The summed E-state index contributed by atoms with van der Waals surface area (Å²) in [7, 11) is 0. The van der Waals surface area contributed by atoms with E-state index in [1.54, 1.807) is 42.5 Å². The Morgan fingerprint density at radius 3 is 2.14 bits per heavy atom. The first-order chi connectivity index (χ1) is 10.3. The number of allylic oxidation sites excluding steroid dienone is 2. The van der Waals surface area contributed by atoms with Gasteiger partial charge in [0.1, 0.15) is 23.9 Å². The number of rotatable bonds is 3. The molecule has 1 amide bonds. The molecule has 0 atom stereocenters. The van der Waals surface area contributed by atoms with E-state index in [9.17, 15) is 4.79 Å². The summed E-state index contributed by atoms with van der Waals surface area (Å²) in [5.74, 6) is -0.316. The van der Waals surface area contributed by atoms with Gasteiger partial charge in [-0.05, 0) is 32.9 Å². The van der Waals surface area contributed by atoms with Crippen LogP contribution in [0.5, 0.6) is 0 Å². The molecule has 0 saturated carbocycles. The zero-order valence-electron chi connectivity index (χ0n) is 12.6. The smallest absolute Gasteiger partial charge is 0.253 e. The minimum Gasteiger partial charge on any atom is -0.347 e. The normalized spacial score (nSPS) is 9.64. The maximum absolute atomic E-state index is 12.3. The molecule has 1 aromatic carbocycles. The third kappa shape index (κ3) is 4.37. The quantitative estimate of drug-likeness (QED) is 0.831. The molecule has 6 nitrogen and oxygen atoms in total. The van der Waals surface area contributed by atoms with Gasteiger partial charge in [0.05, 0.1) is 11.3 Å². The molecule has 2 N–H and O–H groups in total. The van der Waals surface area contributed by atoms with Crippen LogP contribution in [0.2, 0.25) is 0 Å². The second-order valence-corrected chi connectivity index (χ2v) is 5.46. The molecule has 0 aliphatic heterocycles.